The lowest BCUT2D eigenvalue weighted by molar-refractivity contribution is 1.18. The number of nitrogens with zero attached hydrogens (tertiary/aromatic N) is 2. The van der Waals surface area contributed by atoms with Crippen LogP contribution in [0.5, 0.6) is 0 Å². The number of rotatable bonds is 9. The quantitative estimate of drug-likeness (QED) is 0.132. The molecule has 0 spiro atoms. The molecule has 1 heterocycles. The first-order valence-electron chi connectivity index (χ1n) is 19.1. The molecule has 0 unspecified atom stereocenters. The first-order valence-corrected chi connectivity index (χ1v) is 19.1. The SMILES string of the molecule is C=C(N=C(/C=C(\C)c1cccc(-c2cccc(-n3c4ccccc4c4ccccc43)c2)c1)c1ccccc1)c1cc(-c2ccccc2)cc(-c2ccccc2)c1. The molecule has 0 radical (unpaired) electrons. The van der Waals surface area contributed by atoms with E-state index in [1.54, 1.807) is 0 Å². The second-order valence-electron chi connectivity index (χ2n) is 14.2. The largest absolute Gasteiger partial charge is 0.309 e. The smallest absolute Gasteiger partial charge is 0.0712 e. The third-order valence-corrected chi connectivity index (χ3v) is 10.5. The van der Waals surface area contributed by atoms with E-state index in [0.717, 1.165) is 67.0 Å². The van der Waals surface area contributed by atoms with Gasteiger partial charge in [0.1, 0.15) is 0 Å². The molecule has 2 nitrogen and oxygen atoms in total. The number of allylic oxidation sites excluding steroid dienone is 2. The fourth-order valence-electron chi connectivity index (χ4n) is 7.65. The number of aromatic nitrogens is 1. The third kappa shape index (κ3) is 6.93. The van der Waals surface area contributed by atoms with Crippen LogP contribution in [-0.2, 0) is 0 Å². The van der Waals surface area contributed by atoms with E-state index in [9.17, 15) is 0 Å². The summed E-state index contributed by atoms with van der Waals surface area (Å²) in [5.74, 6) is 0. The molecule has 0 aliphatic heterocycles. The van der Waals surface area contributed by atoms with Crippen LogP contribution in [0.3, 0.4) is 0 Å². The summed E-state index contributed by atoms with van der Waals surface area (Å²) in [6.07, 6.45) is 2.19. The van der Waals surface area contributed by atoms with Gasteiger partial charge >= 0.3 is 0 Å². The van der Waals surface area contributed by atoms with E-state index in [1.807, 2.05) is 6.07 Å². The standard InChI is InChI=1S/C54H40N2/c1-38(43-24-16-25-44(33-43)45-26-17-27-49(37-45)56-53-30-14-12-28-50(53)51-29-13-15-31-54(51)56)32-52(42-22-10-5-11-23-42)55-39(2)46-34-47(40-18-6-3-7-19-40)36-48(35-46)41-20-8-4-9-21-41/h3-37H,2H2,1H3/b38-32+,55-52?. The number of para-hydroxylation sites is 2. The van der Waals surface area contributed by atoms with Crippen LogP contribution in [0, 0.1) is 0 Å². The minimum absolute atomic E-state index is 0.707. The predicted molar refractivity (Wildman–Crippen MR) is 239 cm³/mol. The molecule has 0 fully saturated rings. The molecule has 9 rings (SSSR count). The molecule has 8 aromatic carbocycles. The van der Waals surface area contributed by atoms with E-state index in [-0.39, 0.29) is 0 Å². The molecule has 0 aliphatic rings. The lowest BCUT2D eigenvalue weighted by atomic mass is 9.95. The van der Waals surface area contributed by atoms with Crippen molar-refractivity contribution in [3.8, 4) is 39.1 Å². The first-order chi connectivity index (χ1) is 27.6. The average molecular weight is 717 g/mol. The molecule has 266 valence electrons. The van der Waals surface area contributed by atoms with Gasteiger partial charge < -0.3 is 4.57 Å². The van der Waals surface area contributed by atoms with E-state index in [2.05, 4.69) is 224 Å². The van der Waals surface area contributed by atoms with Crippen molar-refractivity contribution >= 4 is 38.8 Å². The van der Waals surface area contributed by atoms with Gasteiger partial charge in [0.05, 0.1) is 22.4 Å². The Balaban J connectivity index is 1.09. The molecule has 0 bridgehead atoms. The Morgan fingerprint density at radius 2 is 0.893 bits per heavy atom. The molecule has 0 saturated heterocycles. The van der Waals surface area contributed by atoms with Crippen LogP contribution in [0.15, 0.2) is 224 Å². The van der Waals surface area contributed by atoms with Crippen molar-refractivity contribution in [3.05, 3.63) is 236 Å². The Morgan fingerprint density at radius 1 is 0.429 bits per heavy atom. The molecule has 9 aromatic rings. The highest BCUT2D eigenvalue weighted by molar-refractivity contribution is 6.14. The number of fused-ring (bicyclic) bond motifs is 3. The molecule has 2 heteroatoms. The molecule has 0 saturated carbocycles. The summed E-state index contributed by atoms with van der Waals surface area (Å²) in [7, 11) is 0. The average Bonchev–Trinajstić information content (AvgIpc) is 3.61. The molecule has 0 amide bonds. The Morgan fingerprint density at radius 3 is 1.50 bits per heavy atom. The number of benzene rings is 8. The van der Waals surface area contributed by atoms with Gasteiger partial charge in [-0.3, -0.25) is 0 Å². The Bertz CT molecular complexity index is 2800. The molecule has 0 aliphatic carbocycles. The monoisotopic (exact) mass is 716 g/mol. The zero-order valence-corrected chi connectivity index (χ0v) is 31.3. The Hall–Kier alpha value is -7.29. The van der Waals surface area contributed by atoms with Gasteiger partial charge in [-0.05, 0) is 106 Å². The summed E-state index contributed by atoms with van der Waals surface area (Å²) in [4.78, 5) is 5.27. The summed E-state index contributed by atoms with van der Waals surface area (Å²) in [6, 6.07) is 73.0. The van der Waals surface area contributed by atoms with Gasteiger partial charge in [-0.25, -0.2) is 4.99 Å². The van der Waals surface area contributed by atoms with Crippen LogP contribution in [-0.4, -0.2) is 10.3 Å². The van der Waals surface area contributed by atoms with Gasteiger partial charge in [-0.15, -0.1) is 0 Å². The Kier molecular flexibility index (Phi) is 9.37. The van der Waals surface area contributed by atoms with Crippen molar-refractivity contribution in [1.29, 1.82) is 0 Å². The van der Waals surface area contributed by atoms with Gasteiger partial charge in [0.15, 0.2) is 0 Å². The highest BCUT2D eigenvalue weighted by Crippen LogP contribution is 2.35. The van der Waals surface area contributed by atoms with Gasteiger partial charge in [-0.1, -0.05) is 164 Å². The Labute approximate surface area is 328 Å². The maximum atomic E-state index is 5.27. The summed E-state index contributed by atoms with van der Waals surface area (Å²) in [6.45, 7) is 6.71. The van der Waals surface area contributed by atoms with Crippen molar-refractivity contribution < 1.29 is 0 Å². The van der Waals surface area contributed by atoms with E-state index in [4.69, 9.17) is 4.99 Å². The minimum atomic E-state index is 0.707. The van der Waals surface area contributed by atoms with E-state index in [0.29, 0.717) is 5.70 Å². The third-order valence-electron chi connectivity index (χ3n) is 10.5. The molecular weight excluding hydrogens is 677 g/mol. The summed E-state index contributed by atoms with van der Waals surface area (Å²) in [5, 5.41) is 2.52. The van der Waals surface area contributed by atoms with Gasteiger partial charge in [0, 0.05) is 27.6 Å². The molecular formula is C54H40N2. The van der Waals surface area contributed by atoms with Crippen LogP contribution in [0.1, 0.15) is 23.6 Å². The van der Waals surface area contributed by atoms with Crippen LogP contribution in [0.25, 0.3) is 72.1 Å². The topological polar surface area (TPSA) is 17.3 Å². The van der Waals surface area contributed by atoms with Crippen molar-refractivity contribution in [1.82, 2.24) is 4.57 Å². The van der Waals surface area contributed by atoms with Gasteiger partial charge in [0.25, 0.3) is 0 Å². The molecule has 0 N–H and O–H groups in total. The lowest BCUT2D eigenvalue weighted by Crippen LogP contribution is -1.99. The van der Waals surface area contributed by atoms with E-state index >= 15 is 0 Å². The van der Waals surface area contributed by atoms with Crippen molar-refractivity contribution in [2.45, 2.75) is 6.92 Å². The first kappa shape index (κ1) is 34.5. The second-order valence-corrected chi connectivity index (χ2v) is 14.2. The maximum absolute atomic E-state index is 5.27. The van der Waals surface area contributed by atoms with Crippen LogP contribution in [0.2, 0.25) is 0 Å². The van der Waals surface area contributed by atoms with Crippen LogP contribution >= 0.6 is 0 Å². The van der Waals surface area contributed by atoms with E-state index in [1.165, 1.54) is 21.8 Å². The molecule has 56 heavy (non-hydrogen) atoms. The van der Waals surface area contributed by atoms with E-state index < -0.39 is 0 Å². The summed E-state index contributed by atoms with van der Waals surface area (Å²) in [5.41, 5.74) is 16.3. The van der Waals surface area contributed by atoms with Crippen molar-refractivity contribution in [2.75, 3.05) is 0 Å². The summed E-state index contributed by atoms with van der Waals surface area (Å²) < 4.78 is 2.37. The highest BCUT2D eigenvalue weighted by atomic mass is 15.0. The normalized spacial score (nSPS) is 11.9. The lowest BCUT2D eigenvalue weighted by Gasteiger charge is -2.13. The number of aliphatic imine (C=N–C) groups is 1. The van der Waals surface area contributed by atoms with Crippen LogP contribution < -0.4 is 0 Å². The van der Waals surface area contributed by atoms with Gasteiger partial charge in [0.2, 0.25) is 0 Å². The fraction of sp³-hybridized carbons (Fsp3) is 0.0185. The molecule has 1 aromatic heterocycles. The zero-order chi connectivity index (χ0) is 37.8. The second kappa shape index (κ2) is 15.2. The molecule has 0 atom stereocenters. The number of hydrogen-bond acceptors (Lipinski definition) is 1. The zero-order valence-electron chi connectivity index (χ0n) is 31.3. The van der Waals surface area contributed by atoms with Gasteiger partial charge in [-0.2, -0.15) is 0 Å². The van der Waals surface area contributed by atoms with Crippen LogP contribution in [0.4, 0.5) is 0 Å². The fourth-order valence-corrected chi connectivity index (χ4v) is 7.65. The highest BCUT2D eigenvalue weighted by Gasteiger charge is 2.13. The maximum Gasteiger partial charge on any atom is 0.0712 e. The predicted octanol–water partition coefficient (Wildman–Crippen LogP) is 14.3. The van der Waals surface area contributed by atoms with Crippen molar-refractivity contribution in [2.24, 2.45) is 4.99 Å². The van der Waals surface area contributed by atoms with Crippen molar-refractivity contribution in [3.63, 3.8) is 0 Å². The minimum Gasteiger partial charge on any atom is -0.309 e. The number of hydrogen-bond donors (Lipinski definition) is 0. The summed E-state index contributed by atoms with van der Waals surface area (Å²) >= 11 is 0.